The predicted molar refractivity (Wildman–Crippen MR) is 89.1 cm³/mol. The molecule has 2 amide bonds. The molecule has 5 nitrogen and oxygen atoms in total. The number of rotatable bonds is 3. The molecular formula is C18H18N2O3. The Kier molecular flexibility index (Phi) is 4.02. The lowest BCUT2D eigenvalue weighted by Gasteiger charge is -2.25. The van der Waals surface area contributed by atoms with Crippen LogP contribution >= 0.6 is 0 Å². The van der Waals surface area contributed by atoms with Gasteiger partial charge in [-0.05, 0) is 43.7 Å². The van der Waals surface area contributed by atoms with Gasteiger partial charge in [-0.3, -0.25) is 9.59 Å². The molecule has 0 bridgehead atoms. The second-order valence-corrected chi connectivity index (χ2v) is 5.41. The lowest BCUT2D eigenvalue weighted by atomic mass is 10.1. The van der Waals surface area contributed by atoms with E-state index in [-0.39, 0.29) is 18.4 Å². The molecule has 0 spiro atoms. The van der Waals surface area contributed by atoms with E-state index in [0.717, 1.165) is 11.3 Å². The number of hydrogen-bond acceptors (Lipinski definition) is 3. The molecule has 3 rings (SSSR count). The van der Waals surface area contributed by atoms with Gasteiger partial charge in [0.2, 0.25) is 0 Å². The van der Waals surface area contributed by atoms with Gasteiger partial charge in [-0.15, -0.1) is 0 Å². The number of carbonyl (C=O) groups is 2. The van der Waals surface area contributed by atoms with Crippen LogP contribution in [-0.4, -0.2) is 25.0 Å². The van der Waals surface area contributed by atoms with Crippen molar-refractivity contribution in [2.75, 3.05) is 23.4 Å². The van der Waals surface area contributed by atoms with Crippen molar-refractivity contribution in [3.8, 4) is 5.75 Å². The number of fused-ring (bicyclic) bond motifs is 1. The number of carbonyl (C=O) groups excluding carboxylic acids is 2. The quantitative estimate of drug-likeness (QED) is 0.948. The lowest BCUT2D eigenvalue weighted by Crippen LogP contribution is -2.33. The summed E-state index contributed by atoms with van der Waals surface area (Å²) in [4.78, 5) is 26.1. The van der Waals surface area contributed by atoms with Crippen LogP contribution in [0, 0.1) is 6.92 Å². The van der Waals surface area contributed by atoms with Gasteiger partial charge in [-0.25, -0.2) is 0 Å². The van der Waals surface area contributed by atoms with Gasteiger partial charge in [0.05, 0.1) is 11.3 Å². The van der Waals surface area contributed by atoms with E-state index in [0.29, 0.717) is 23.5 Å². The van der Waals surface area contributed by atoms with Gasteiger partial charge in [-0.2, -0.15) is 0 Å². The van der Waals surface area contributed by atoms with E-state index in [1.54, 1.807) is 23.1 Å². The van der Waals surface area contributed by atoms with Gasteiger partial charge < -0.3 is 15.0 Å². The minimum atomic E-state index is -0.215. The van der Waals surface area contributed by atoms with Crippen LogP contribution in [0.2, 0.25) is 0 Å². The molecular weight excluding hydrogens is 292 g/mol. The van der Waals surface area contributed by atoms with Crippen molar-refractivity contribution < 1.29 is 14.3 Å². The van der Waals surface area contributed by atoms with Gasteiger partial charge in [0, 0.05) is 12.2 Å². The molecule has 0 aliphatic carbocycles. The van der Waals surface area contributed by atoms with Crippen LogP contribution in [-0.2, 0) is 4.79 Å². The molecule has 0 atom stereocenters. The number of nitrogens with zero attached hydrogens (tertiary/aromatic N) is 1. The molecule has 0 saturated heterocycles. The van der Waals surface area contributed by atoms with Crippen molar-refractivity contribution in [2.24, 2.45) is 0 Å². The van der Waals surface area contributed by atoms with Crippen molar-refractivity contribution >= 4 is 23.2 Å². The molecule has 0 radical (unpaired) electrons. The van der Waals surface area contributed by atoms with Crippen LogP contribution < -0.4 is 15.0 Å². The molecule has 1 heterocycles. The summed E-state index contributed by atoms with van der Waals surface area (Å²) in [7, 11) is 0. The highest BCUT2D eigenvalue weighted by atomic mass is 16.5. The van der Waals surface area contributed by atoms with Gasteiger partial charge in [-0.1, -0.05) is 18.2 Å². The number of hydrogen-bond donors (Lipinski definition) is 1. The number of anilines is 2. The Bertz CT molecular complexity index is 771. The number of aryl methyl sites for hydroxylation is 1. The highest BCUT2D eigenvalue weighted by Crippen LogP contribution is 2.33. The van der Waals surface area contributed by atoms with E-state index in [1.165, 1.54) is 0 Å². The first-order chi connectivity index (χ1) is 11.1. The fraction of sp³-hybridized carbons (Fsp3) is 0.222. The average Bonchev–Trinajstić information content (AvgIpc) is 2.54. The maximum Gasteiger partial charge on any atom is 0.262 e. The average molecular weight is 310 g/mol. The molecule has 0 unspecified atom stereocenters. The lowest BCUT2D eigenvalue weighted by molar-refractivity contribution is -0.118. The maximum absolute atomic E-state index is 13.0. The van der Waals surface area contributed by atoms with Gasteiger partial charge in [0.1, 0.15) is 0 Å². The third-order valence-electron chi connectivity index (χ3n) is 3.74. The summed E-state index contributed by atoms with van der Waals surface area (Å²) < 4.78 is 5.48. The van der Waals surface area contributed by atoms with E-state index < -0.39 is 0 Å². The van der Waals surface area contributed by atoms with Gasteiger partial charge >= 0.3 is 0 Å². The van der Waals surface area contributed by atoms with Gasteiger partial charge in [0.25, 0.3) is 11.8 Å². The molecule has 1 aliphatic rings. The largest absolute Gasteiger partial charge is 0.481 e. The number of nitrogens with one attached hydrogen (secondary N) is 1. The van der Waals surface area contributed by atoms with E-state index in [2.05, 4.69) is 5.32 Å². The normalized spacial score (nSPS) is 12.9. The Balaban J connectivity index is 1.99. The van der Waals surface area contributed by atoms with E-state index in [1.807, 2.05) is 38.1 Å². The molecule has 5 heteroatoms. The first kappa shape index (κ1) is 15.1. The zero-order valence-corrected chi connectivity index (χ0v) is 13.1. The summed E-state index contributed by atoms with van der Waals surface area (Å²) in [5, 5.41) is 2.73. The van der Waals surface area contributed by atoms with Crippen molar-refractivity contribution in [1.29, 1.82) is 0 Å². The van der Waals surface area contributed by atoms with E-state index in [4.69, 9.17) is 4.74 Å². The Morgan fingerprint density at radius 2 is 2.04 bits per heavy atom. The van der Waals surface area contributed by atoms with Crippen LogP contribution in [0.5, 0.6) is 5.75 Å². The SMILES string of the molecule is CCN(C(=O)c1cccc2c1OCC(=O)N2)c1cccc(C)c1. The fourth-order valence-corrected chi connectivity index (χ4v) is 2.67. The minimum absolute atomic E-state index is 0.0755. The van der Waals surface area contributed by atoms with Crippen molar-refractivity contribution in [1.82, 2.24) is 0 Å². The molecule has 2 aromatic rings. The Morgan fingerprint density at radius 3 is 2.78 bits per heavy atom. The molecule has 23 heavy (non-hydrogen) atoms. The number of para-hydroxylation sites is 1. The molecule has 2 aromatic carbocycles. The summed E-state index contributed by atoms with van der Waals surface area (Å²) in [6.45, 7) is 4.38. The number of benzene rings is 2. The fourth-order valence-electron chi connectivity index (χ4n) is 2.67. The molecule has 1 N–H and O–H groups in total. The monoisotopic (exact) mass is 310 g/mol. The van der Waals surface area contributed by atoms with Crippen LogP contribution in [0.4, 0.5) is 11.4 Å². The topological polar surface area (TPSA) is 58.6 Å². The smallest absolute Gasteiger partial charge is 0.262 e. The summed E-state index contributed by atoms with van der Waals surface area (Å²) in [6.07, 6.45) is 0. The third kappa shape index (κ3) is 2.90. The molecule has 0 fully saturated rings. The van der Waals surface area contributed by atoms with Crippen LogP contribution in [0.15, 0.2) is 42.5 Å². The second-order valence-electron chi connectivity index (χ2n) is 5.41. The number of ether oxygens (including phenoxy) is 1. The minimum Gasteiger partial charge on any atom is -0.481 e. The van der Waals surface area contributed by atoms with Crippen molar-refractivity contribution in [3.63, 3.8) is 0 Å². The number of amides is 2. The second kappa shape index (κ2) is 6.12. The van der Waals surface area contributed by atoms with E-state index >= 15 is 0 Å². The Labute approximate surface area is 134 Å². The third-order valence-corrected chi connectivity index (χ3v) is 3.74. The van der Waals surface area contributed by atoms with Gasteiger partial charge in [0.15, 0.2) is 12.4 Å². The van der Waals surface area contributed by atoms with Crippen LogP contribution in [0.25, 0.3) is 0 Å². The Morgan fingerprint density at radius 1 is 1.26 bits per heavy atom. The molecule has 0 aromatic heterocycles. The highest BCUT2D eigenvalue weighted by molar-refractivity contribution is 6.10. The summed E-state index contributed by atoms with van der Waals surface area (Å²) in [5.74, 6) is 0.0717. The van der Waals surface area contributed by atoms with Crippen molar-refractivity contribution in [3.05, 3.63) is 53.6 Å². The molecule has 0 saturated carbocycles. The summed E-state index contributed by atoms with van der Waals surface area (Å²) in [6, 6.07) is 13.0. The first-order valence-electron chi connectivity index (χ1n) is 7.54. The van der Waals surface area contributed by atoms with Crippen LogP contribution in [0.3, 0.4) is 0 Å². The van der Waals surface area contributed by atoms with E-state index in [9.17, 15) is 9.59 Å². The summed E-state index contributed by atoms with van der Waals surface area (Å²) in [5.41, 5.74) is 2.92. The first-order valence-corrected chi connectivity index (χ1v) is 7.54. The zero-order chi connectivity index (χ0) is 16.4. The summed E-state index contributed by atoms with van der Waals surface area (Å²) >= 11 is 0. The van der Waals surface area contributed by atoms with Crippen molar-refractivity contribution in [2.45, 2.75) is 13.8 Å². The predicted octanol–water partition coefficient (Wildman–Crippen LogP) is 2.99. The maximum atomic E-state index is 13.0. The molecule has 1 aliphatic heterocycles. The highest BCUT2D eigenvalue weighted by Gasteiger charge is 2.25. The molecule has 118 valence electrons. The Hall–Kier alpha value is -2.82. The standard InChI is InChI=1S/C18H18N2O3/c1-3-20(13-7-4-6-12(2)10-13)18(22)14-8-5-9-15-17(14)23-11-16(21)19-15/h4-10H,3,11H2,1-2H3,(H,19,21). The van der Waals surface area contributed by atoms with Crippen LogP contribution in [0.1, 0.15) is 22.8 Å². The zero-order valence-electron chi connectivity index (χ0n) is 13.1.